The van der Waals surface area contributed by atoms with Crippen molar-refractivity contribution in [2.45, 2.75) is 18.7 Å². The molecule has 1 heterocycles. The minimum Gasteiger partial charge on any atom is -0.490 e. The summed E-state index contributed by atoms with van der Waals surface area (Å²) in [5.74, 6) is 1.36. The molecule has 1 atom stereocenters. The van der Waals surface area contributed by atoms with Crippen LogP contribution in [0.5, 0.6) is 11.5 Å². The number of alkyl halides is 1. The SMILES string of the molecule is CCOc1cc(Cl)c(C(Br)c2ccc(Cl)s2)cc1OCC. The van der Waals surface area contributed by atoms with Crippen LogP contribution in [-0.4, -0.2) is 13.2 Å². The third-order valence-corrected chi connectivity index (χ3v) is 5.69. The number of benzene rings is 1. The number of ether oxygens (including phenoxy) is 2. The molecule has 21 heavy (non-hydrogen) atoms. The highest BCUT2D eigenvalue weighted by atomic mass is 79.9. The Morgan fingerprint density at radius 3 is 2.24 bits per heavy atom. The summed E-state index contributed by atoms with van der Waals surface area (Å²) in [5.41, 5.74) is 0.932. The van der Waals surface area contributed by atoms with Gasteiger partial charge in [0.1, 0.15) is 0 Å². The van der Waals surface area contributed by atoms with Gasteiger partial charge in [0.05, 0.1) is 22.4 Å². The molecular weight excluding hydrogens is 395 g/mol. The lowest BCUT2D eigenvalue weighted by molar-refractivity contribution is 0.287. The molecule has 6 heteroatoms. The second-order valence-electron chi connectivity index (χ2n) is 4.19. The fourth-order valence-corrected chi connectivity index (χ4v) is 4.16. The minimum atomic E-state index is -0.0302. The lowest BCUT2D eigenvalue weighted by Crippen LogP contribution is -2.01. The van der Waals surface area contributed by atoms with E-state index in [0.29, 0.717) is 29.7 Å². The molecule has 1 unspecified atom stereocenters. The van der Waals surface area contributed by atoms with Gasteiger partial charge in [0.15, 0.2) is 11.5 Å². The Balaban J connectivity index is 2.40. The maximum atomic E-state index is 6.39. The summed E-state index contributed by atoms with van der Waals surface area (Å²) in [6.45, 7) is 5.00. The zero-order valence-corrected chi connectivity index (χ0v) is 15.6. The van der Waals surface area contributed by atoms with E-state index in [9.17, 15) is 0 Å². The van der Waals surface area contributed by atoms with Gasteiger partial charge in [0.25, 0.3) is 0 Å². The van der Waals surface area contributed by atoms with Crippen LogP contribution in [0.4, 0.5) is 0 Å². The largest absolute Gasteiger partial charge is 0.490 e. The average molecular weight is 410 g/mol. The van der Waals surface area contributed by atoms with Gasteiger partial charge < -0.3 is 9.47 Å². The molecule has 114 valence electrons. The summed E-state index contributed by atoms with van der Waals surface area (Å²) in [6, 6.07) is 7.58. The van der Waals surface area contributed by atoms with Crippen LogP contribution in [0.2, 0.25) is 9.36 Å². The maximum absolute atomic E-state index is 6.39. The van der Waals surface area contributed by atoms with Crippen LogP contribution in [0, 0.1) is 0 Å². The zero-order chi connectivity index (χ0) is 15.4. The first kappa shape index (κ1) is 16.9. The topological polar surface area (TPSA) is 18.5 Å². The summed E-state index contributed by atoms with van der Waals surface area (Å²) in [6.07, 6.45) is 0. The number of hydrogen-bond donors (Lipinski definition) is 0. The molecule has 0 N–H and O–H groups in total. The monoisotopic (exact) mass is 408 g/mol. The van der Waals surface area contributed by atoms with Crippen LogP contribution in [0.25, 0.3) is 0 Å². The summed E-state index contributed by atoms with van der Waals surface area (Å²) in [4.78, 5) is 1.06. The van der Waals surface area contributed by atoms with Gasteiger partial charge in [-0.1, -0.05) is 39.1 Å². The average Bonchev–Trinajstić information content (AvgIpc) is 2.88. The molecule has 0 spiro atoms. The Bertz CT molecular complexity index is 616. The molecule has 0 aliphatic heterocycles. The van der Waals surface area contributed by atoms with E-state index in [1.54, 1.807) is 6.07 Å². The fraction of sp³-hybridized carbons (Fsp3) is 0.333. The molecule has 0 fully saturated rings. The van der Waals surface area contributed by atoms with Crippen molar-refractivity contribution in [3.63, 3.8) is 0 Å². The summed E-state index contributed by atoms with van der Waals surface area (Å²) < 4.78 is 12.0. The first-order chi connectivity index (χ1) is 10.1. The lowest BCUT2D eigenvalue weighted by Gasteiger charge is -2.16. The molecule has 0 radical (unpaired) electrons. The molecule has 0 aliphatic rings. The van der Waals surface area contributed by atoms with E-state index in [1.807, 2.05) is 32.0 Å². The van der Waals surface area contributed by atoms with Gasteiger partial charge in [0, 0.05) is 16.0 Å². The van der Waals surface area contributed by atoms with Crippen LogP contribution in [0.1, 0.15) is 29.1 Å². The smallest absolute Gasteiger partial charge is 0.162 e. The zero-order valence-electron chi connectivity index (χ0n) is 11.7. The summed E-state index contributed by atoms with van der Waals surface area (Å²) in [7, 11) is 0. The van der Waals surface area contributed by atoms with Gasteiger partial charge in [-0.05, 0) is 37.6 Å². The van der Waals surface area contributed by atoms with Gasteiger partial charge in [0.2, 0.25) is 0 Å². The molecule has 2 aromatic rings. The van der Waals surface area contributed by atoms with Crippen molar-refractivity contribution in [2.24, 2.45) is 0 Å². The van der Waals surface area contributed by atoms with E-state index in [-0.39, 0.29) is 4.83 Å². The van der Waals surface area contributed by atoms with Crippen molar-refractivity contribution in [2.75, 3.05) is 13.2 Å². The normalized spacial score (nSPS) is 12.2. The van der Waals surface area contributed by atoms with Gasteiger partial charge in [-0.2, -0.15) is 0 Å². The molecule has 0 saturated carbocycles. The highest BCUT2D eigenvalue weighted by Crippen LogP contribution is 2.43. The lowest BCUT2D eigenvalue weighted by atomic mass is 10.1. The third-order valence-electron chi connectivity index (χ3n) is 2.78. The van der Waals surface area contributed by atoms with Crippen molar-refractivity contribution in [1.29, 1.82) is 0 Å². The van der Waals surface area contributed by atoms with Crippen LogP contribution in [0.3, 0.4) is 0 Å². The van der Waals surface area contributed by atoms with Gasteiger partial charge in [-0.3, -0.25) is 0 Å². The molecule has 0 bridgehead atoms. The summed E-state index contributed by atoms with van der Waals surface area (Å²) >= 11 is 17.6. The van der Waals surface area contributed by atoms with E-state index < -0.39 is 0 Å². The number of hydrogen-bond acceptors (Lipinski definition) is 3. The van der Waals surface area contributed by atoms with Crippen molar-refractivity contribution < 1.29 is 9.47 Å². The quantitative estimate of drug-likeness (QED) is 0.518. The maximum Gasteiger partial charge on any atom is 0.162 e. The molecule has 0 aliphatic carbocycles. The van der Waals surface area contributed by atoms with Crippen LogP contribution in [0.15, 0.2) is 24.3 Å². The number of halogens is 3. The molecule has 2 rings (SSSR count). The van der Waals surface area contributed by atoms with E-state index in [1.165, 1.54) is 11.3 Å². The van der Waals surface area contributed by atoms with Crippen molar-refractivity contribution in [1.82, 2.24) is 0 Å². The second-order valence-corrected chi connectivity index (χ2v) is 7.26. The van der Waals surface area contributed by atoms with Crippen molar-refractivity contribution >= 4 is 50.5 Å². The Hall–Kier alpha value is -0.420. The number of rotatable bonds is 6. The van der Waals surface area contributed by atoms with Gasteiger partial charge in [-0.15, -0.1) is 11.3 Å². The molecule has 2 nitrogen and oxygen atoms in total. The van der Waals surface area contributed by atoms with Crippen LogP contribution < -0.4 is 9.47 Å². The van der Waals surface area contributed by atoms with E-state index >= 15 is 0 Å². The van der Waals surface area contributed by atoms with Gasteiger partial charge >= 0.3 is 0 Å². The highest BCUT2D eigenvalue weighted by Gasteiger charge is 2.19. The third kappa shape index (κ3) is 4.07. The Labute approximate surface area is 147 Å². The first-order valence-corrected chi connectivity index (χ1v) is 9.04. The summed E-state index contributed by atoms with van der Waals surface area (Å²) in [5, 5.41) is 0.633. The van der Waals surface area contributed by atoms with Gasteiger partial charge in [-0.25, -0.2) is 0 Å². The minimum absolute atomic E-state index is 0.0302. The predicted octanol–water partition coefficient (Wildman–Crippen LogP) is 6.34. The fourth-order valence-electron chi connectivity index (χ4n) is 1.90. The molecule has 1 aromatic heterocycles. The van der Waals surface area contributed by atoms with E-state index in [0.717, 1.165) is 14.8 Å². The van der Waals surface area contributed by atoms with Crippen LogP contribution >= 0.6 is 50.5 Å². The van der Waals surface area contributed by atoms with E-state index in [2.05, 4.69) is 15.9 Å². The number of thiophene rings is 1. The standard InChI is InChI=1S/C15H15BrCl2O2S/c1-3-19-11-7-9(10(17)8-12(11)20-4-2)15(16)13-5-6-14(18)21-13/h5-8,15H,3-4H2,1-2H3. The second kappa shape index (κ2) is 7.73. The Kier molecular flexibility index (Phi) is 6.23. The highest BCUT2D eigenvalue weighted by molar-refractivity contribution is 9.09. The van der Waals surface area contributed by atoms with Crippen molar-refractivity contribution in [3.8, 4) is 11.5 Å². The van der Waals surface area contributed by atoms with Crippen molar-refractivity contribution in [3.05, 3.63) is 44.1 Å². The molecule has 1 aromatic carbocycles. The Morgan fingerprint density at radius 2 is 1.71 bits per heavy atom. The first-order valence-electron chi connectivity index (χ1n) is 6.55. The predicted molar refractivity (Wildman–Crippen MR) is 93.9 cm³/mol. The molecule has 0 saturated heterocycles. The molecular formula is C15H15BrCl2O2S. The Morgan fingerprint density at radius 1 is 1.10 bits per heavy atom. The van der Waals surface area contributed by atoms with E-state index in [4.69, 9.17) is 32.7 Å². The molecule has 0 amide bonds. The van der Waals surface area contributed by atoms with Crippen LogP contribution in [-0.2, 0) is 0 Å².